The van der Waals surface area contributed by atoms with E-state index in [1.54, 1.807) is 0 Å². The largest absolute Gasteiger partial charge is 0.492 e. The van der Waals surface area contributed by atoms with Crippen LogP contribution in [0.2, 0.25) is 0 Å². The summed E-state index contributed by atoms with van der Waals surface area (Å²) in [5, 5.41) is 3.41. The van der Waals surface area contributed by atoms with Gasteiger partial charge in [-0.05, 0) is 25.1 Å². The average molecular weight is 248 g/mol. The molecule has 1 aromatic rings. The number of benzene rings is 1. The fraction of sp³-hybridized carbons (Fsp3) is 0.600. The number of ether oxygens (including phenoxy) is 1. The third kappa shape index (κ3) is 3.72. The summed E-state index contributed by atoms with van der Waals surface area (Å²) in [7, 11) is 0. The van der Waals surface area contributed by atoms with Gasteiger partial charge in [0.2, 0.25) is 0 Å². The number of nitrogens with zero attached hydrogens (tertiary/aromatic N) is 1. The van der Waals surface area contributed by atoms with Crippen molar-refractivity contribution in [1.29, 1.82) is 0 Å². The average Bonchev–Trinajstić information content (AvgIpc) is 2.57. The molecule has 1 atom stereocenters. The summed E-state index contributed by atoms with van der Waals surface area (Å²) >= 11 is 0. The quantitative estimate of drug-likeness (QED) is 0.864. The van der Waals surface area contributed by atoms with E-state index in [4.69, 9.17) is 4.74 Å². The molecule has 3 heteroatoms. The summed E-state index contributed by atoms with van der Waals surface area (Å²) in [5.41, 5.74) is 1.31. The van der Waals surface area contributed by atoms with Crippen molar-refractivity contribution in [3.8, 4) is 5.75 Å². The summed E-state index contributed by atoms with van der Waals surface area (Å²) in [6, 6.07) is 8.37. The summed E-state index contributed by atoms with van der Waals surface area (Å²) in [6.45, 7) is 10.6. The van der Waals surface area contributed by atoms with Gasteiger partial charge in [0.25, 0.3) is 0 Å². The third-order valence-corrected chi connectivity index (χ3v) is 3.34. The van der Waals surface area contributed by atoms with Gasteiger partial charge in [0, 0.05) is 25.2 Å². The molecule has 0 saturated carbocycles. The number of rotatable bonds is 5. The molecule has 1 heterocycles. The van der Waals surface area contributed by atoms with E-state index in [2.05, 4.69) is 42.3 Å². The van der Waals surface area contributed by atoms with Gasteiger partial charge in [0.1, 0.15) is 12.4 Å². The molecule has 0 aromatic heterocycles. The minimum Gasteiger partial charge on any atom is -0.492 e. The molecule has 1 aliphatic rings. The number of hydrogen-bond donors (Lipinski definition) is 1. The van der Waals surface area contributed by atoms with Crippen LogP contribution in [0.5, 0.6) is 5.75 Å². The second-order valence-electron chi connectivity index (χ2n) is 5.10. The van der Waals surface area contributed by atoms with Crippen molar-refractivity contribution in [2.24, 2.45) is 5.92 Å². The molecule has 2 rings (SSSR count). The van der Waals surface area contributed by atoms with Crippen molar-refractivity contribution >= 4 is 0 Å². The van der Waals surface area contributed by atoms with Crippen molar-refractivity contribution in [2.75, 3.05) is 32.8 Å². The zero-order valence-corrected chi connectivity index (χ0v) is 11.5. The Morgan fingerprint density at radius 2 is 2.22 bits per heavy atom. The summed E-state index contributed by atoms with van der Waals surface area (Å²) in [5.74, 6) is 1.73. The van der Waals surface area contributed by atoms with E-state index in [1.165, 1.54) is 5.56 Å². The van der Waals surface area contributed by atoms with Crippen LogP contribution < -0.4 is 10.1 Å². The molecule has 1 aliphatic heterocycles. The van der Waals surface area contributed by atoms with Crippen LogP contribution in [0.15, 0.2) is 24.3 Å². The van der Waals surface area contributed by atoms with E-state index in [9.17, 15) is 0 Å². The third-order valence-electron chi connectivity index (χ3n) is 3.34. The van der Waals surface area contributed by atoms with E-state index in [1.807, 2.05) is 6.07 Å². The smallest absolute Gasteiger partial charge is 0.123 e. The normalized spacial score (nSPS) is 17.7. The van der Waals surface area contributed by atoms with E-state index >= 15 is 0 Å². The van der Waals surface area contributed by atoms with Gasteiger partial charge in [-0.3, -0.25) is 4.90 Å². The van der Waals surface area contributed by atoms with Crippen LogP contribution in [0.1, 0.15) is 19.4 Å². The maximum absolute atomic E-state index is 5.78. The summed E-state index contributed by atoms with van der Waals surface area (Å²) < 4.78 is 5.78. The highest BCUT2D eigenvalue weighted by atomic mass is 16.5. The van der Waals surface area contributed by atoms with Gasteiger partial charge in [-0.1, -0.05) is 32.0 Å². The highest BCUT2D eigenvalue weighted by molar-refractivity contribution is 5.33. The van der Waals surface area contributed by atoms with Crippen LogP contribution in [-0.2, 0) is 6.54 Å². The van der Waals surface area contributed by atoms with Gasteiger partial charge in [-0.25, -0.2) is 0 Å². The molecule has 0 bridgehead atoms. The topological polar surface area (TPSA) is 24.5 Å². The molecule has 18 heavy (non-hydrogen) atoms. The minimum atomic E-state index is 0.676. The molecule has 0 fully saturated rings. The van der Waals surface area contributed by atoms with Crippen molar-refractivity contribution in [1.82, 2.24) is 10.2 Å². The highest BCUT2D eigenvalue weighted by Gasteiger charge is 2.16. The first-order valence-corrected chi connectivity index (χ1v) is 6.93. The predicted octanol–water partition coefficient (Wildman–Crippen LogP) is 2.13. The molecule has 0 spiro atoms. The zero-order valence-electron chi connectivity index (χ0n) is 11.5. The van der Waals surface area contributed by atoms with Crippen molar-refractivity contribution in [3.63, 3.8) is 0 Å². The van der Waals surface area contributed by atoms with Gasteiger partial charge in [-0.2, -0.15) is 0 Å². The SMILES string of the molecule is CCNCC(C)CN1CCOc2ccccc2C1. The molecule has 0 amide bonds. The lowest BCUT2D eigenvalue weighted by Gasteiger charge is -2.23. The number of hydrogen-bond acceptors (Lipinski definition) is 3. The zero-order chi connectivity index (χ0) is 12.8. The maximum Gasteiger partial charge on any atom is 0.123 e. The Bertz CT molecular complexity index is 367. The fourth-order valence-corrected chi connectivity index (χ4v) is 2.43. The lowest BCUT2D eigenvalue weighted by Crippen LogP contribution is -2.34. The molecule has 1 N–H and O–H groups in total. The Kier molecular flexibility index (Phi) is 5.02. The maximum atomic E-state index is 5.78. The van der Waals surface area contributed by atoms with Crippen molar-refractivity contribution in [3.05, 3.63) is 29.8 Å². The predicted molar refractivity (Wildman–Crippen MR) is 74.9 cm³/mol. The van der Waals surface area contributed by atoms with Crippen LogP contribution in [0.25, 0.3) is 0 Å². The molecule has 3 nitrogen and oxygen atoms in total. The number of fused-ring (bicyclic) bond motifs is 1. The second kappa shape index (κ2) is 6.76. The van der Waals surface area contributed by atoms with E-state index in [-0.39, 0.29) is 0 Å². The van der Waals surface area contributed by atoms with Crippen LogP contribution in [0, 0.1) is 5.92 Å². The first kappa shape index (κ1) is 13.4. The van der Waals surface area contributed by atoms with Gasteiger partial charge < -0.3 is 10.1 Å². The lowest BCUT2D eigenvalue weighted by atomic mass is 10.1. The van der Waals surface area contributed by atoms with Gasteiger partial charge in [0.05, 0.1) is 0 Å². The number of para-hydroxylation sites is 1. The summed E-state index contributed by atoms with van der Waals surface area (Å²) in [4.78, 5) is 2.49. The summed E-state index contributed by atoms with van der Waals surface area (Å²) in [6.07, 6.45) is 0. The lowest BCUT2D eigenvalue weighted by molar-refractivity contribution is 0.201. The van der Waals surface area contributed by atoms with Crippen LogP contribution in [0.3, 0.4) is 0 Å². The molecule has 1 unspecified atom stereocenters. The second-order valence-corrected chi connectivity index (χ2v) is 5.10. The Labute approximate surface area is 110 Å². The minimum absolute atomic E-state index is 0.676. The first-order valence-electron chi connectivity index (χ1n) is 6.93. The van der Waals surface area contributed by atoms with Crippen molar-refractivity contribution in [2.45, 2.75) is 20.4 Å². The Hall–Kier alpha value is -1.06. The van der Waals surface area contributed by atoms with Crippen molar-refractivity contribution < 1.29 is 4.74 Å². The molecule has 1 aromatic carbocycles. The molecular formula is C15H24N2O. The number of nitrogens with one attached hydrogen (secondary N) is 1. The monoisotopic (exact) mass is 248 g/mol. The standard InChI is InChI=1S/C15H24N2O/c1-3-16-10-13(2)11-17-8-9-18-15-7-5-4-6-14(15)12-17/h4-7,13,16H,3,8-12H2,1-2H3. The van der Waals surface area contributed by atoms with E-state index in [0.717, 1.165) is 45.1 Å². The first-order chi connectivity index (χ1) is 8.79. The molecular weight excluding hydrogens is 224 g/mol. The Morgan fingerprint density at radius 3 is 3.06 bits per heavy atom. The molecule has 0 radical (unpaired) electrons. The van der Waals surface area contributed by atoms with E-state index in [0.29, 0.717) is 5.92 Å². The highest BCUT2D eigenvalue weighted by Crippen LogP contribution is 2.22. The van der Waals surface area contributed by atoms with E-state index < -0.39 is 0 Å². The van der Waals surface area contributed by atoms with Gasteiger partial charge in [0.15, 0.2) is 0 Å². The molecule has 0 aliphatic carbocycles. The Morgan fingerprint density at radius 1 is 1.39 bits per heavy atom. The fourth-order valence-electron chi connectivity index (χ4n) is 2.43. The Balaban J connectivity index is 1.91. The molecule has 0 saturated heterocycles. The van der Waals surface area contributed by atoms with Gasteiger partial charge in [-0.15, -0.1) is 0 Å². The molecule has 100 valence electrons. The van der Waals surface area contributed by atoms with Crippen LogP contribution >= 0.6 is 0 Å². The van der Waals surface area contributed by atoms with Crippen LogP contribution in [0.4, 0.5) is 0 Å². The van der Waals surface area contributed by atoms with Gasteiger partial charge >= 0.3 is 0 Å². The van der Waals surface area contributed by atoms with Crippen LogP contribution in [-0.4, -0.2) is 37.7 Å².